The molecule has 32 heavy (non-hydrogen) atoms. The summed E-state index contributed by atoms with van der Waals surface area (Å²) in [5, 5.41) is 16.8. The lowest BCUT2D eigenvalue weighted by Gasteiger charge is -2.28. The van der Waals surface area contributed by atoms with Crippen molar-refractivity contribution in [2.75, 3.05) is 25.0 Å². The van der Waals surface area contributed by atoms with Crippen molar-refractivity contribution in [3.8, 4) is 22.8 Å². The Morgan fingerprint density at radius 1 is 1.28 bits per heavy atom. The van der Waals surface area contributed by atoms with Gasteiger partial charge in [-0.05, 0) is 74.4 Å². The first-order chi connectivity index (χ1) is 15.0. The maximum absolute atomic E-state index is 11.9. The maximum Gasteiger partial charge on any atom is 0.413 e. The van der Waals surface area contributed by atoms with Crippen molar-refractivity contribution in [2.45, 2.75) is 59.5 Å². The second kappa shape index (κ2) is 10.7. The molecule has 7 heteroatoms. The molecule has 7 nitrogen and oxygen atoms in total. The minimum absolute atomic E-state index is 0. The first-order valence-corrected chi connectivity index (χ1v) is 11.2. The summed E-state index contributed by atoms with van der Waals surface area (Å²) in [5.74, 6) is 2.19. The van der Waals surface area contributed by atoms with Crippen LogP contribution in [0.5, 0.6) is 11.5 Å². The van der Waals surface area contributed by atoms with Crippen molar-refractivity contribution in [3.63, 3.8) is 0 Å². The molecule has 3 N–H and O–H groups in total. The number of anilines is 1. The number of rotatable bonds is 7. The van der Waals surface area contributed by atoms with E-state index in [4.69, 9.17) is 14.5 Å². The number of pyridine rings is 1. The Labute approximate surface area is 190 Å². The Bertz CT molecular complexity index is 939. The van der Waals surface area contributed by atoms with E-state index >= 15 is 0 Å². The van der Waals surface area contributed by atoms with Crippen LogP contribution in [-0.2, 0) is 11.3 Å². The fourth-order valence-electron chi connectivity index (χ4n) is 4.31. The molecule has 3 heterocycles. The average molecular weight is 442 g/mol. The lowest BCUT2D eigenvalue weighted by atomic mass is 9.86. The highest BCUT2D eigenvalue weighted by Crippen LogP contribution is 2.41. The zero-order chi connectivity index (χ0) is 21.8. The largest absolute Gasteiger partial charge is 0.507 e. The third-order valence-electron chi connectivity index (χ3n) is 5.95. The summed E-state index contributed by atoms with van der Waals surface area (Å²) in [6, 6.07) is 7.31. The molecule has 0 aliphatic carbocycles. The van der Waals surface area contributed by atoms with Crippen LogP contribution in [0.3, 0.4) is 0 Å². The molecule has 2 aromatic rings. The van der Waals surface area contributed by atoms with E-state index < -0.39 is 6.09 Å². The minimum Gasteiger partial charge on any atom is -0.507 e. The van der Waals surface area contributed by atoms with E-state index in [9.17, 15) is 9.90 Å². The number of nitrogens with zero attached hydrogens (tertiary/aromatic N) is 1. The molecule has 0 unspecified atom stereocenters. The third kappa shape index (κ3) is 5.33. The predicted molar refractivity (Wildman–Crippen MR) is 126 cm³/mol. The van der Waals surface area contributed by atoms with E-state index in [1.54, 1.807) is 12.1 Å². The molecule has 1 aromatic heterocycles. The number of carbonyl (C=O) groups excluding carboxylic acids is 1. The van der Waals surface area contributed by atoms with Crippen LogP contribution in [0.25, 0.3) is 11.3 Å². The van der Waals surface area contributed by atoms with Crippen molar-refractivity contribution < 1.29 is 19.4 Å². The Kier molecular flexibility index (Phi) is 7.96. The molecule has 0 bridgehead atoms. The van der Waals surface area contributed by atoms with Crippen molar-refractivity contribution in [1.82, 2.24) is 10.3 Å². The Balaban J connectivity index is 0.00000289. The van der Waals surface area contributed by atoms with E-state index in [1.807, 2.05) is 12.1 Å². The number of amides is 1. The van der Waals surface area contributed by atoms with Crippen LogP contribution in [0.4, 0.5) is 10.6 Å². The van der Waals surface area contributed by atoms with E-state index in [2.05, 4.69) is 24.5 Å². The summed E-state index contributed by atoms with van der Waals surface area (Å²) in [5.41, 5.74) is 3.21. The molecule has 0 spiro atoms. The van der Waals surface area contributed by atoms with Gasteiger partial charge < -0.3 is 19.9 Å². The van der Waals surface area contributed by atoms with Gasteiger partial charge in [-0.3, -0.25) is 5.32 Å². The number of hydrogen-bond acceptors (Lipinski definition) is 6. The van der Waals surface area contributed by atoms with Gasteiger partial charge in [0.15, 0.2) is 0 Å². The van der Waals surface area contributed by atoms with Gasteiger partial charge in [0.05, 0.1) is 17.9 Å². The number of phenols is 1. The number of aromatic nitrogens is 1. The zero-order valence-electron chi connectivity index (χ0n) is 18.2. The van der Waals surface area contributed by atoms with Gasteiger partial charge >= 0.3 is 6.09 Å². The molecule has 1 amide bonds. The van der Waals surface area contributed by atoms with Crippen LogP contribution in [0.1, 0.15) is 64.0 Å². The van der Waals surface area contributed by atoms with Crippen LogP contribution in [0.2, 0.25) is 0 Å². The van der Waals surface area contributed by atoms with Crippen LogP contribution in [0.15, 0.2) is 24.3 Å². The Morgan fingerprint density at radius 2 is 2.06 bits per heavy atom. The van der Waals surface area contributed by atoms with Gasteiger partial charge in [-0.15, -0.1) is 0 Å². The van der Waals surface area contributed by atoms with E-state index in [-0.39, 0.29) is 19.8 Å². The van der Waals surface area contributed by atoms with Crippen LogP contribution < -0.4 is 15.4 Å². The molecular weight excluding hydrogens is 406 g/mol. The summed E-state index contributed by atoms with van der Waals surface area (Å²) in [7, 11) is 0. The molecule has 1 saturated heterocycles. The second-order valence-corrected chi connectivity index (χ2v) is 8.68. The molecule has 0 saturated carbocycles. The van der Waals surface area contributed by atoms with Crippen LogP contribution in [0, 0.1) is 5.92 Å². The first kappa shape index (κ1) is 23.9. The third-order valence-corrected chi connectivity index (χ3v) is 5.95. The highest BCUT2D eigenvalue weighted by molar-refractivity contribution is 5.88. The molecule has 1 fully saturated rings. The van der Waals surface area contributed by atoms with Crippen molar-refractivity contribution in [3.05, 3.63) is 35.4 Å². The number of cyclic esters (lactones) is 1. The monoisotopic (exact) mass is 441 g/mol. The number of aromatic hydroxyl groups is 1. The van der Waals surface area contributed by atoms with Gasteiger partial charge in [-0.2, -0.15) is 0 Å². The summed E-state index contributed by atoms with van der Waals surface area (Å²) in [4.78, 5) is 16.6. The van der Waals surface area contributed by atoms with Gasteiger partial charge in [0, 0.05) is 5.56 Å². The number of phenolic OH excluding ortho intramolecular Hbond substituents is 1. The lowest BCUT2D eigenvalue weighted by molar-refractivity contribution is 0.150. The highest BCUT2D eigenvalue weighted by Gasteiger charge is 2.28. The second-order valence-electron chi connectivity index (χ2n) is 8.68. The summed E-state index contributed by atoms with van der Waals surface area (Å²) in [6.45, 7) is 7.07. The van der Waals surface area contributed by atoms with Gasteiger partial charge in [-0.25, -0.2) is 9.78 Å². The summed E-state index contributed by atoms with van der Waals surface area (Å²) < 4.78 is 11.3. The van der Waals surface area contributed by atoms with Crippen LogP contribution in [-0.4, -0.2) is 35.9 Å². The number of nitrogens with one attached hydrogen (secondary N) is 2. The van der Waals surface area contributed by atoms with Crippen molar-refractivity contribution in [2.24, 2.45) is 5.92 Å². The molecule has 2 aliphatic rings. The van der Waals surface area contributed by atoms with E-state index in [1.165, 1.54) is 0 Å². The van der Waals surface area contributed by atoms with Gasteiger partial charge in [-0.1, -0.05) is 27.3 Å². The van der Waals surface area contributed by atoms with Gasteiger partial charge in [0.2, 0.25) is 0 Å². The first-order valence-electron chi connectivity index (χ1n) is 11.2. The van der Waals surface area contributed by atoms with Crippen LogP contribution >= 0.6 is 0 Å². The maximum atomic E-state index is 11.9. The summed E-state index contributed by atoms with van der Waals surface area (Å²) >= 11 is 0. The molecule has 0 atom stereocenters. The number of piperidine rings is 1. The number of carbonyl (C=O) groups is 1. The predicted octanol–water partition coefficient (Wildman–Crippen LogP) is 5.43. The topological polar surface area (TPSA) is 92.7 Å². The molecule has 1 aromatic carbocycles. The highest BCUT2D eigenvalue weighted by atomic mass is 16.5. The van der Waals surface area contributed by atoms with Crippen molar-refractivity contribution >= 4 is 11.9 Å². The van der Waals surface area contributed by atoms with Crippen molar-refractivity contribution in [1.29, 1.82) is 0 Å². The Morgan fingerprint density at radius 3 is 2.81 bits per heavy atom. The van der Waals surface area contributed by atoms with E-state index in [0.29, 0.717) is 41.3 Å². The quantitative estimate of drug-likeness (QED) is 0.496. The number of ether oxygens (including phenoxy) is 2. The Hall–Kier alpha value is -2.80. The van der Waals surface area contributed by atoms with Gasteiger partial charge in [0.25, 0.3) is 0 Å². The lowest BCUT2D eigenvalue weighted by Crippen LogP contribution is -2.29. The fourth-order valence-corrected chi connectivity index (χ4v) is 4.31. The molecule has 4 rings (SSSR count). The fraction of sp³-hybridized carbons (Fsp3) is 0.520. The normalized spacial score (nSPS) is 16.0. The minimum atomic E-state index is -0.504. The summed E-state index contributed by atoms with van der Waals surface area (Å²) in [6.07, 6.45) is 3.53. The molecule has 2 aliphatic heterocycles. The molecule has 0 radical (unpaired) electrons. The van der Waals surface area contributed by atoms with E-state index in [0.717, 1.165) is 49.9 Å². The SMILES string of the molecule is C.CC(C)CCCOc1cccc(O)c1-c1cc(C2CCNCC2)c2c(n1)NC(=O)OC2. The molecular formula is C25H35N3O4. The number of fused-ring (bicyclic) bond motifs is 1. The van der Waals surface area contributed by atoms with Gasteiger partial charge in [0.1, 0.15) is 23.9 Å². The molecule has 174 valence electrons. The standard InChI is InChI=1S/C24H31N3O4.CH4/c1-15(2)5-4-12-30-21-7-3-6-20(28)22(21)19-13-17(16-8-10-25-11-9-16)18-14-31-24(29)27-23(18)26-19;/h3,6-7,13,15-16,25,28H,4-5,8-12,14H2,1-2H3,(H,26,27,29);1H4. The average Bonchev–Trinajstić information content (AvgIpc) is 2.76. The number of benzene rings is 1. The smallest absolute Gasteiger partial charge is 0.413 e. The number of hydrogen-bond donors (Lipinski definition) is 3. The zero-order valence-corrected chi connectivity index (χ0v) is 18.2.